The van der Waals surface area contributed by atoms with Gasteiger partial charge in [0.25, 0.3) is 0 Å². The summed E-state index contributed by atoms with van der Waals surface area (Å²) in [5, 5.41) is 0. The van der Waals surface area contributed by atoms with Crippen LogP contribution in [0.4, 0.5) is 0 Å². The van der Waals surface area contributed by atoms with Crippen LogP contribution in [0.3, 0.4) is 0 Å². The van der Waals surface area contributed by atoms with Gasteiger partial charge in [-0.25, -0.2) is 0 Å². The fourth-order valence-corrected chi connectivity index (χ4v) is 8.22. The first-order valence-corrected chi connectivity index (χ1v) is 20.6. The number of ether oxygens (including phenoxy) is 3. The van der Waals surface area contributed by atoms with Crippen LogP contribution in [0.2, 0.25) is 0 Å². The summed E-state index contributed by atoms with van der Waals surface area (Å²) >= 11 is 0. The Balaban J connectivity index is 1.43. The fraction of sp³-hybridized carbons (Fsp3) is 0.652. The lowest BCUT2D eigenvalue weighted by Gasteiger charge is -2.31. The van der Waals surface area contributed by atoms with Gasteiger partial charge in [-0.05, 0) is 134 Å². The highest BCUT2D eigenvalue weighted by atomic mass is 16.5. The zero-order valence-corrected chi connectivity index (χ0v) is 31.9. The molecule has 49 heavy (non-hydrogen) atoms. The summed E-state index contributed by atoms with van der Waals surface area (Å²) < 4.78 is 18.3. The lowest BCUT2D eigenvalue weighted by atomic mass is 9.75. The van der Waals surface area contributed by atoms with Crippen molar-refractivity contribution in [2.45, 2.75) is 143 Å². The summed E-state index contributed by atoms with van der Waals surface area (Å²) in [4.78, 5) is 0. The minimum atomic E-state index is 0.612. The first-order valence-electron chi connectivity index (χ1n) is 20.6. The summed E-state index contributed by atoms with van der Waals surface area (Å²) in [6, 6.07) is 17.7. The van der Waals surface area contributed by atoms with Gasteiger partial charge in [-0.3, -0.25) is 0 Å². The van der Waals surface area contributed by atoms with Crippen molar-refractivity contribution in [1.29, 1.82) is 0 Å². The third-order valence-electron chi connectivity index (χ3n) is 11.2. The van der Waals surface area contributed by atoms with E-state index in [4.69, 9.17) is 14.2 Å². The van der Waals surface area contributed by atoms with Crippen LogP contribution in [0.5, 0.6) is 11.5 Å². The van der Waals surface area contributed by atoms with Gasteiger partial charge < -0.3 is 14.2 Å². The molecule has 2 aliphatic carbocycles. The predicted octanol–water partition coefficient (Wildman–Crippen LogP) is 13.5. The van der Waals surface area contributed by atoms with Crippen LogP contribution in [-0.4, -0.2) is 26.4 Å². The molecule has 0 unspecified atom stereocenters. The SMILES string of the molecule is CCCCCC1CCC(C(=CCOCC=C(c2ccc(OCCC)cc2)C2CCC(CCCCC)CC2)c2ccc(OCCC)cc2)CC1. The average Bonchev–Trinajstić information content (AvgIpc) is 3.14. The average molecular weight is 671 g/mol. The van der Waals surface area contributed by atoms with E-state index < -0.39 is 0 Å². The monoisotopic (exact) mass is 671 g/mol. The van der Waals surface area contributed by atoms with Gasteiger partial charge in [0, 0.05) is 0 Å². The van der Waals surface area contributed by atoms with Gasteiger partial charge in [0.05, 0.1) is 26.4 Å². The van der Waals surface area contributed by atoms with E-state index in [1.807, 2.05) is 0 Å². The molecule has 0 spiro atoms. The zero-order valence-electron chi connectivity index (χ0n) is 31.9. The van der Waals surface area contributed by atoms with Gasteiger partial charge in [-0.2, -0.15) is 0 Å². The number of rotatable bonds is 22. The molecule has 4 rings (SSSR count). The Hall–Kier alpha value is -2.52. The van der Waals surface area contributed by atoms with Crippen LogP contribution >= 0.6 is 0 Å². The smallest absolute Gasteiger partial charge is 0.119 e. The Bertz CT molecular complexity index is 1100. The maximum Gasteiger partial charge on any atom is 0.119 e. The molecule has 0 heterocycles. The second kappa shape index (κ2) is 23.0. The molecular formula is C46H70O3. The molecule has 2 aliphatic rings. The van der Waals surface area contributed by atoms with Crippen LogP contribution < -0.4 is 9.47 Å². The van der Waals surface area contributed by atoms with E-state index in [1.165, 1.54) is 125 Å². The van der Waals surface area contributed by atoms with Crippen LogP contribution in [0, 0.1) is 23.7 Å². The molecule has 0 saturated heterocycles. The lowest BCUT2D eigenvalue weighted by molar-refractivity contribution is 0.193. The normalized spacial score (nSPS) is 21.9. The standard InChI is InChI=1S/C46H70O3/c1-5-9-11-13-37-15-19-39(20-16-37)45(41-23-27-43(28-24-41)48-33-7-3)31-35-47-36-32-46(42-25-29-44(30-26-42)49-34-8-4)40-21-17-38(18-22-40)14-12-10-6-2/h23-32,37-40H,5-22,33-36H2,1-4H3. The van der Waals surface area contributed by atoms with Gasteiger partial charge in [0.15, 0.2) is 0 Å². The maximum atomic E-state index is 6.44. The highest BCUT2D eigenvalue weighted by Crippen LogP contribution is 2.41. The number of benzene rings is 2. The minimum Gasteiger partial charge on any atom is -0.494 e. The third kappa shape index (κ3) is 13.6. The molecule has 2 aromatic rings. The summed E-state index contributed by atoms with van der Waals surface area (Å²) in [6.07, 6.45) is 28.5. The van der Waals surface area contributed by atoms with Gasteiger partial charge in [0.1, 0.15) is 11.5 Å². The van der Waals surface area contributed by atoms with Crippen LogP contribution in [0.1, 0.15) is 154 Å². The molecule has 0 amide bonds. The van der Waals surface area contributed by atoms with Gasteiger partial charge in [-0.1, -0.05) is 115 Å². The van der Waals surface area contributed by atoms with E-state index in [-0.39, 0.29) is 0 Å². The second-order valence-electron chi connectivity index (χ2n) is 15.0. The highest BCUT2D eigenvalue weighted by molar-refractivity contribution is 5.69. The molecule has 0 bridgehead atoms. The largest absolute Gasteiger partial charge is 0.494 e. The second-order valence-corrected chi connectivity index (χ2v) is 15.0. The molecule has 2 aromatic carbocycles. The molecule has 0 atom stereocenters. The number of allylic oxidation sites excluding steroid dienone is 2. The summed E-state index contributed by atoms with van der Waals surface area (Å²) in [7, 11) is 0. The molecule has 0 N–H and O–H groups in total. The molecule has 3 nitrogen and oxygen atoms in total. The van der Waals surface area contributed by atoms with E-state index in [1.54, 1.807) is 0 Å². The Morgan fingerprint density at radius 3 is 1.24 bits per heavy atom. The maximum absolute atomic E-state index is 6.44. The van der Waals surface area contributed by atoms with Crippen molar-refractivity contribution >= 4 is 11.1 Å². The van der Waals surface area contributed by atoms with Gasteiger partial charge >= 0.3 is 0 Å². The third-order valence-corrected chi connectivity index (χ3v) is 11.2. The van der Waals surface area contributed by atoms with E-state index in [9.17, 15) is 0 Å². The van der Waals surface area contributed by atoms with E-state index >= 15 is 0 Å². The molecule has 2 fully saturated rings. The van der Waals surface area contributed by atoms with Crippen molar-refractivity contribution in [1.82, 2.24) is 0 Å². The van der Waals surface area contributed by atoms with Crippen molar-refractivity contribution in [3.63, 3.8) is 0 Å². The van der Waals surface area contributed by atoms with E-state index in [0.29, 0.717) is 25.0 Å². The molecular weight excluding hydrogens is 601 g/mol. The van der Waals surface area contributed by atoms with Crippen molar-refractivity contribution < 1.29 is 14.2 Å². The summed E-state index contributed by atoms with van der Waals surface area (Å²) in [6.45, 7) is 11.8. The Morgan fingerprint density at radius 2 is 0.898 bits per heavy atom. The Labute approximate surface area is 301 Å². The quantitative estimate of drug-likeness (QED) is 0.117. The van der Waals surface area contributed by atoms with Crippen molar-refractivity contribution in [3.8, 4) is 11.5 Å². The van der Waals surface area contributed by atoms with Crippen molar-refractivity contribution in [2.75, 3.05) is 26.4 Å². The zero-order chi connectivity index (χ0) is 34.5. The number of unbranched alkanes of at least 4 members (excludes halogenated alkanes) is 4. The predicted molar refractivity (Wildman–Crippen MR) is 210 cm³/mol. The minimum absolute atomic E-state index is 0.612. The van der Waals surface area contributed by atoms with E-state index in [0.717, 1.165) is 49.4 Å². The molecule has 0 aliphatic heterocycles. The van der Waals surface area contributed by atoms with Crippen molar-refractivity contribution in [3.05, 3.63) is 71.8 Å². The molecule has 272 valence electrons. The first-order chi connectivity index (χ1) is 24.1. The summed E-state index contributed by atoms with van der Waals surface area (Å²) in [5.74, 6) is 4.98. The van der Waals surface area contributed by atoms with Crippen LogP contribution in [0.15, 0.2) is 60.7 Å². The number of hydrogen-bond acceptors (Lipinski definition) is 3. The van der Waals surface area contributed by atoms with E-state index in [2.05, 4.69) is 88.4 Å². The topological polar surface area (TPSA) is 27.7 Å². The van der Waals surface area contributed by atoms with Crippen LogP contribution in [0.25, 0.3) is 11.1 Å². The van der Waals surface area contributed by atoms with Crippen molar-refractivity contribution in [2.24, 2.45) is 23.7 Å². The van der Waals surface area contributed by atoms with Gasteiger partial charge in [0.2, 0.25) is 0 Å². The lowest BCUT2D eigenvalue weighted by Crippen LogP contribution is -2.17. The Kier molecular flexibility index (Phi) is 18.5. The number of hydrogen-bond donors (Lipinski definition) is 0. The first kappa shape index (κ1) is 39.3. The Morgan fingerprint density at radius 1 is 0.510 bits per heavy atom. The highest BCUT2D eigenvalue weighted by Gasteiger charge is 2.26. The molecule has 3 heteroatoms. The van der Waals surface area contributed by atoms with Crippen LogP contribution in [-0.2, 0) is 4.74 Å². The fourth-order valence-electron chi connectivity index (χ4n) is 8.22. The summed E-state index contributed by atoms with van der Waals surface area (Å²) in [5.41, 5.74) is 5.61. The molecule has 0 aromatic heterocycles. The molecule has 0 radical (unpaired) electrons. The van der Waals surface area contributed by atoms with Gasteiger partial charge in [-0.15, -0.1) is 0 Å². The molecule has 2 saturated carbocycles.